The number of halogens is 1. The summed E-state index contributed by atoms with van der Waals surface area (Å²) in [7, 11) is 0. The molecular weight excluding hydrogens is 410 g/mol. The van der Waals surface area contributed by atoms with Gasteiger partial charge in [0.15, 0.2) is 5.76 Å². The van der Waals surface area contributed by atoms with Gasteiger partial charge in [0.05, 0.1) is 5.56 Å². The molecule has 4 aromatic rings. The third-order valence-corrected chi connectivity index (χ3v) is 5.66. The standard InChI is InChI=1S/C26H20ClNO3/c1-2-28-15-18(21-5-3-4-6-23(21)28)13-25-26(29)22-12-11-20(14-24(22)31-25)30-16-17-7-9-19(27)10-8-17/h3-15H,2,16H2,1H3/b25-13+. The third-order valence-electron chi connectivity index (χ3n) is 5.41. The number of hydrogen-bond donors (Lipinski definition) is 0. The Morgan fingerprint density at radius 1 is 1.06 bits per heavy atom. The van der Waals surface area contributed by atoms with E-state index >= 15 is 0 Å². The molecule has 0 fully saturated rings. The number of para-hydroxylation sites is 1. The van der Waals surface area contributed by atoms with Crippen molar-refractivity contribution in [2.45, 2.75) is 20.1 Å². The first kappa shape index (κ1) is 19.5. The Morgan fingerprint density at radius 3 is 2.68 bits per heavy atom. The van der Waals surface area contributed by atoms with Crippen LogP contribution in [0, 0.1) is 0 Å². The molecule has 1 aliphatic rings. The number of allylic oxidation sites excluding steroid dienone is 1. The number of rotatable bonds is 5. The Bertz CT molecular complexity index is 1320. The summed E-state index contributed by atoms with van der Waals surface area (Å²) in [5.74, 6) is 1.37. The summed E-state index contributed by atoms with van der Waals surface area (Å²) >= 11 is 5.92. The van der Waals surface area contributed by atoms with Crippen LogP contribution in [0.2, 0.25) is 5.02 Å². The molecule has 5 rings (SSSR count). The van der Waals surface area contributed by atoms with Crippen LogP contribution in [0.5, 0.6) is 11.5 Å². The zero-order valence-electron chi connectivity index (χ0n) is 17.0. The molecular formula is C26H20ClNO3. The second-order valence-corrected chi connectivity index (χ2v) is 7.84. The molecule has 31 heavy (non-hydrogen) atoms. The Kier molecular flexibility index (Phi) is 5.00. The van der Waals surface area contributed by atoms with E-state index < -0.39 is 0 Å². The Hall–Kier alpha value is -3.50. The van der Waals surface area contributed by atoms with Gasteiger partial charge < -0.3 is 14.0 Å². The van der Waals surface area contributed by atoms with Gasteiger partial charge in [0, 0.05) is 40.3 Å². The number of aryl methyl sites for hydroxylation is 1. The summed E-state index contributed by atoms with van der Waals surface area (Å²) in [6.07, 6.45) is 3.88. The third kappa shape index (κ3) is 3.71. The van der Waals surface area contributed by atoms with Gasteiger partial charge in [0.1, 0.15) is 18.1 Å². The molecule has 1 aliphatic heterocycles. The number of carbonyl (C=O) groups is 1. The molecule has 2 heterocycles. The molecule has 0 radical (unpaired) electrons. The Labute approximate surface area is 185 Å². The number of ketones is 1. The largest absolute Gasteiger partial charge is 0.489 e. The van der Waals surface area contributed by atoms with Crippen LogP contribution >= 0.6 is 11.6 Å². The summed E-state index contributed by atoms with van der Waals surface area (Å²) in [4.78, 5) is 12.9. The lowest BCUT2D eigenvalue weighted by molar-refractivity contribution is 0.101. The van der Waals surface area contributed by atoms with Gasteiger partial charge in [0.25, 0.3) is 0 Å². The average molecular weight is 430 g/mol. The van der Waals surface area contributed by atoms with E-state index in [1.54, 1.807) is 18.2 Å². The monoisotopic (exact) mass is 429 g/mol. The maximum absolute atomic E-state index is 12.9. The molecule has 0 unspecified atom stereocenters. The van der Waals surface area contributed by atoms with E-state index in [9.17, 15) is 4.79 Å². The average Bonchev–Trinajstić information content (AvgIpc) is 3.31. The topological polar surface area (TPSA) is 40.5 Å². The van der Waals surface area contributed by atoms with Crippen molar-refractivity contribution >= 4 is 34.4 Å². The fraction of sp³-hybridized carbons (Fsp3) is 0.115. The van der Waals surface area contributed by atoms with E-state index in [-0.39, 0.29) is 5.78 Å². The SMILES string of the molecule is CCn1cc(/C=C2/Oc3cc(OCc4ccc(Cl)cc4)ccc3C2=O)c2ccccc21. The minimum atomic E-state index is -0.118. The first-order valence-corrected chi connectivity index (χ1v) is 10.5. The summed E-state index contributed by atoms with van der Waals surface area (Å²) < 4.78 is 14.0. The van der Waals surface area contributed by atoms with E-state index in [2.05, 4.69) is 29.8 Å². The van der Waals surface area contributed by atoms with Crippen LogP contribution in [0.25, 0.3) is 17.0 Å². The van der Waals surface area contributed by atoms with Gasteiger partial charge in [-0.05, 0) is 48.9 Å². The number of carbonyl (C=O) groups excluding carboxylic acids is 1. The Morgan fingerprint density at radius 2 is 1.87 bits per heavy atom. The maximum atomic E-state index is 12.9. The van der Waals surface area contributed by atoms with E-state index in [0.717, 1.165) is 28.6 Å². The quantitative estimate of drug-likeness (QED) is 0.339. The molecule has 0 N–H and O–H groups in total. The number of ether oxygens (including phenoxy) is 2. The van der Waals surface area contributed by atoms with Crippen molar-refractivity contribution in [1.82, 2.24) is 4.57 Å². The smallest absolute Gasteiger partial charge is 0.231 e. The lowest BCUT2D eigenvalue weighted by Crippen LogP contribution is -1.98. The molecule has 0 amide bonds. The number of nitrogens with zero attached hydrogens (tertiary/aromatic N) is 1. The molecule has 0 saturated carbocycles. The van der Waals surface area contributed by atoms with Crippen LogP contribution in [0.15, 0.2) is 78.7 Å². The van der Waals surface area contributed by atoms with Gasteiger partial charge in [0.2, 0.25) is 5.78 Å². The van der Waals surface area contributed by atoms with E-state index in [1.807, 2.05) is 42.5 Å². The molecule has 1 aromatic heterocycles. The normalized spacial score (nSPS) is 14.1. The molecule has 3 aromatic carbocycles. The van der Waals surface area contributed by atoms with Crippen molar-refractivity contribution in [2.75, 3.05) is 0 Å². The minimum Gasteiger partial charge on any atom is -0.489 e. The predicted octanol–water partition coefficient (Wildman–Crippen LogP) is 6.51. The second kappa shape index (κ2) is 7.97. The van der Waals surface area contributed by atoms with E-state index in [4.69, 9.17) is 21.1 Å². The van der Waals surface area contributed by atoms with Crippen molar-refractivity contribution in [3.63, 3.8) is 0 Å². The van der Waals surface area contributed by atoms with Crippen LogP contribution < -0.4 is 9.47 Å². The predicted molar refractivity (Wildman–Crippen MR) is 123 cm³/mol. The van der Waals surface area contributed by atoms with Crippen molar-refractivity contribution in [2.24, 2.45) is 0 Å². The number of hydrogen-bond acceptors (Lipinski definition) is 3. The minimum absolute atomic E-state index is 0.118. The van der Waals surface area contributed by atoms with Crippen LogP contribution in [0.3, 0.4) is 0 Å². The van der Waals surface area contributed by atoms with Crippen LogP contribution in [-0.2, 0) is 13.2 Å². The summed E-state index contributed by atoms with van der Waals surface area (Å²) in [6.45, 7) is 3.36. The van der Waals surface area contributed by atoms with Crippen molar-refractivity contribution < 1.29 is 14.3 Å². The van der Waals surface area contributed by atoms with E-state index in [0.29, 0.717) is 34.5 Å². The highest BCUT2D eigenvalue weighted by Crippen LogP contribution is 2.36. The highest BCUT2D eigenvalue weighted by Gasteiger charge is 2.28. The fourth-order valence-corrected chi connectivity index (χ4v) is 3.92. The number of Topliss-reactive ketones (excluding diaryl/α,β-unsaturated/α-hetero) is 1. The highest BCUT2D eigenvalue weighted by atomic mass is 35.5. The first-order valence-electron chi connectivity index (χ1n) is 10.2. The van der Waals surface area contributed by atoms with Gasteiger partial charge in [-0.15, -0.1) is 0 Å². The number of benzene rings is 3. The van der Waals surface area contributed by atoms with Gasteiger partial charge >= 0.3 is 0 Å². The molecule has 4 nitrogen and oxygen atoms in total. The summed E-state index contributed by atoms with van der Waals surface area (Å²) in [6, 6.07) is 21.0. The molecule has 0 atom stereocenters. The summed E-state index contributed by atoms with van der Waals surface area (Å²) in [5.41, 5.74) is 3.66. The highest BCUT2D eigenvalue weighted by molar-refractivity contribution is 6.30. The molecule has 0 aliphatic carbocycles. The van der Waals surface area contributed by atoms with Crippen molar-refractivity contribution in [3.8, 4) is 11.5 Å². The molecule has 5 heteroatoms. The number of fused-ring (bicyclic) bond motifs is 2. The second-order valence-electron chi connectivity index (χ2n) is 7.40. The first-order chi connectivity index (χ1) is 15.1. The maximum Gasteiger partial charge on any atom is 0.231 e. The van der Waals surface area contributed by atoms with Crippen LogP contribution in [-0.4, -0.2) is 10.4 Å². The lowest BCUT2D eigenvalue weighted by Gasteiger charge is -2.07. The molecule has 0 saturated heterocycles. The zero-order valence-corrected chi connectivity index (χ0v) is 17.7. The van der Waals surface area contributed by atoms with Crippen LogP contribution in [0.4, 0.5) is 0 Å². The molecule has 0 spiro atoms. The molecule has 0 bridgehead atoms. The van der Waals surface area contributed by atoms with Crippen molar-refractivity contribution in [1.29, 1.82) is 0 Å². The fourth-order valence-electron chi connectivity index (χ4n) is 3.80. The number of aromatic nitrogens is 1. The summed E-state index contributed by atoms with van der Waals surface area (Å²) in [5, 5.41) is 1.78. The van der Waals surface area contributed by atoms with Gasteiger partial charge in [-0.25, -0.2) is 0 Å². The lowest BCUT2D eigenvalue weighted by atomic mass is 10.1. The van der Waals surface area contributed by atoms with E-state index in [1.165, 1.54) is 0 Å². The Balaban J connectivity index is 1.39. The van der Waals surface area contributed by atoms with Gasteiger partial charge in [-0.3, -0.25) is 4.79 Å². The molecule has 154 valence electrons. The van der Waals surface area contributed by atoms with Crippen LogP contribution in [0.1, 0.15) is 28.4 Å². The van der Waals surface area contributed by atoms with Crippen molar-refractivity contribution in [3.05, 3.63) is 100 Å². The van der Waals surface area contributed by atoms with Gasteiger partial charge in [-0.2, -0.15) is 0 Å². The van der Waals surface area contributed by atoms with Gasteiger partial charge in [-0.1, -0.05) is 41.9 Å². The zero-order chi connectivity index (χ0) is 21.4.